The lowest BCUT2D eigenvalue weighted by Crippen LogP contribution is -2.36. The van der Waals surface area contributed by atoms with Crippen molar-refractivity contribution >= 4 is 10.0 Å². The van der Waals surface area contributed by atoms with Gasteiger partial charge in [-0.15, -0.1) is 0 Å². The van der Waals surface area contributed by atoms with Crippen LogP contribution in [-0.4, -0.2) is 24.1 Å². The summed E-state index contributed by atoms with van der Waals surface area (Å²) in [4.78, 5) is 0.213. The molecule has 20 heavy (non-hydrogen) atoms. The first-order chi connectivity index (χ1) is 9.22. The Balaban J connectivity index is 3.04. The monoisotopic (exact) mass is 302 g/mol. The Labute approximate surface area is 122 Å². The molecule has 0 saturated heterocycles. The predicted molar refractivity (Wildman–Crippen MR) is 80.0 cm³/mol. The molecule has 1 aromatic heterocycles. The molecule has 0 aliphatic carbocycles. The Bertz CT molecular complexity index is 535. The molecule has 5 nitrogen and oxygen atoms in total. The van der Waals surface area contributed by atoms with E-state index < -0.39 is 10.0 Å². The van der Waals surface area contributed by atoms with E-state index >= 15 is 0 Å². The summed E-state index contributed by atoms with van der Waals surface area (Å²) >= 11 is 0. The SMILES string of the molecule is CCC(C)C(C)NS(=O)(=O)c1cc(CO)n(C(C)C)c1. The number of aliphatic hydroxyl groups excluding tert-OH is 1. The zero-order valence-corrected chi connectivity index (χ0v) is 13.7. The number of nitrogens with one attached hydrogen (secondary N) is 1. The first kappa shape index (κ1) is 17.2. The van der Waals surface area contributed by atoms with Crippen LogP contribution in [0.2, 0.25) is 0 Å². The summed E-state index contributed by atoms with van der Waals surface area (Å²) in [5.74, 6) is 0.272. The number of hydrogen-bond donors (Lipinski definition) is 2. The fourth-order valence-corrected chi connectivity index (χ4v) is 3.43. The average molecular weight is 302 g/mol. The Morgan fingerprint density at radius 2 is 1.90 bits per heavy atom. The minimum atomic E-state index is -3.54. The predicted octanol–water partition coefficient (Wildman–Crippen LogP) is 2.27. The Morgan fingerprint density at radius 3 is 2.30 bits per heavy atom. The molecule has 1 aromatic rings. The highest BCUT2D eigenvalue weighted by atomic mass is 32.2. The molecule has 0 radical (unpaired) electrons. The largest absolute Gasteiger partial charge is 0.390 e. The number of sulfonamides is 1. The molecule has 0 spiro atoms. The summed E-state index contributed by atoms with van der Waals surface area (Å²) in [7, 11) is -3.54. The highest BCUT2D eigenvalue weighted by Crippen LogP contribution is 2.20. The highest BCUT2D eigenvalue weighted by molar-refractivity contribution is 7.89. The van der Waals surface area contributed by atoms with Gasteiger partial charge in [-0.1, -0.05) is 20.3 Å². The van der Waals surface area contributed by atoms with Crippen LogP contribution in [0.25, 0.3) is 0 Å². The van der Waals surface area contributed by atoms with Crippen molar-refractivity contribution in [3.05, 3.63) is 18.0 Å². The molecule has 2 atom stereocenters. The summed E-state index contributed by atoms with van der Waals surface area (Å²) in [5.41, 5.74) is 0.608. The van der Waals surface area contributed by atoms with Crippen molar-refractivity contribution in [2.24, 2.45) is 5.92 Å². The van der Waals surface area contributed by atoms with Gasteiger partial charge in [0.05, 0.1) is 11.5 Å². The van der Waals surface area contributed by atoms with Crippen LogP contribution < -0.4 is 4.72 Å². The Kier molecular flexibility index (Phi) is 5.79. The first-order valence-corrected chi connectivity index (χ1v) is 8.55. The quantitative estimate of drug-likeness (QED) is 0.811. The zero-order chi connectivity index (χ0) is 15.5. The minimum absolute atomic E-state index is 0.105. The van der Waals surface area contributed by atoms with Crippen LogP contribution >= 0.6 is 0 Å². The molecule has 0 aromatic carbocycles. The fourth-order valence-electron chi connectivity index (χ4n) is 2.03. The Hall–Kier alpha value is -0.850. The van der Waals surface area contributed by atoms with Crippen LogP contribution in [0.4, 0.5) is 0 Å². The second kappa shape index (κ2) is 6.74. The van der Waals surface area contributed by atoms with Gasteiger partial charge in [0.25, 0.3) is 0 Å². The van der Waals surface area contributed by atoms with Crippen molar-refractivity contribution in [3.8, 4) is 0 Å². The van der Waals surface area contributed by atoms with Gasteiger partial charge in [0.2, 0.25) is 10.0 Å². The summed E-state index contributed by atoms with van der Waals surface area (Å²) in [6.45, 7) is 9.66. The standard InChI is InChI=1S/C14H26N2O3S/c1-6-11(4)12(5)15-20(18,19)14-7-13(9-17)16(8-14)10(2)3/h7-8,10-12,15,17H,6,9H2,1-5H3. The van der Waals surface area contributed by atoms with E-state index in [1.165, 1.54) is 6.07 Å². The van der Waals surface area contributed by atoms with Crippen molar-refractivity contribution in [3.63, 3.8) is 0 Å². The number of aromatic nitrogens is 1. The van der Waals surface area contributed by atoms with Gasteiger partial charge >= 0.3 is 0 Å². The molecule has 0 amide bonds. The Morgan fingerprint density at radius 1 is 1.30 bits per heavy atom. The lowest BCUT2D eigenvalue weighted by Gasteiger charge is -2.19. The van der Waals surface area contributed by atoms with E-state index in [9.17, 15) is 13.5 Å². The van der Waals surface area contributed by atoms with Crippen LogP contribution in [0.15, 0.2) is 17.2 Å². The number of nitrogens with zero attached hydrogens (tertiary/aromatic N) is 1. The molecule has 0 aliphatic heterocycles. The van der Waals surface area contributed by atoms with E-state index in [1.54, 1.807) is 10.8 Å². The number of rotatable bonds is 7. The minimum Gasteiger partial charge on any atom is -0.390 e. The van der Waals surface area contributed by atoms with E-state index in [-0.39, 0.29) is 29.5 Å². The van der Waals surface area contributed by atoms with E-state index in [4.69, 9.17) is 0 Å². The highest BCUT2D eigenvalue weighted by Gasteiger charge is 2.23. The normalized spacial score (nSPS) is 15.6. The van der Waals surface area contributed by atoms with Crippen molar-refractivity contribution in [1.82, 2.24) is 9.29 Å². The van der Waals surface area contributed by atoms with Gasteiger partial charge in [-0.25, -0.2) is 13.1 Å². The topological polar surface area (TPSA) is 71.3 Å². The summed E-state index contributed by atoms with van der Waals surface area (Å²) in [5, 5.41) is 9.32. The maximum Gasteiger partial charge on any atom is 0.242 e. The van der Waals surface area contributed by atoms with Crippen LogP contribution in [-0.2, 0) is 16.6 Å². The maximum atomic E-state index is 12.4. The van der Waals surface area contributed by atoms with Crippen LogP contribution in [0.5, 0.6) is 0 Å². The lowest BCUT2D eigenvalue weighted by atomic mass is 10.0. The van der Waals surface area contributed by atoms with E-state index in [0.29, 0.717) is 5.69 Å². The lowest BCUT2D eigenvalue weighted by molar-refractivity contribution is 0.268. The second-order valence-corrected chi connectivity index (χ2v) is 7.34. The molecule has 0 aliphatic rings. The van der Waals surface area contributed by atoms with Crippen molar-refractivity contribution < 1.29 is 13.5 Å². The number of hydrogen-bond acceptors (Lipinski definition) is 3. The molecule has 0 fully saturated rings. The van der Waals surface area contributed by atoms with E-state index in [0.717, 1.165) is 6.42 Å². The third kappa shape index (κ3) is 3.84. The molecular formula is C14H26N2O3S. The van der Waals surface area contributed by atoms with Gasteiger partial charge < -0.3 is 9.67 Å². The molecule has 2 unspecified atom stereocenters. The first-order valence-electron chi connectivity index (χ1n) is 7.06. The molecule has 0 saturated carbocycles. The van der Waals surface area contributed by atoms with Crippen LogP contribution in [0.3, 0.4) is 0 Å². The van der Waals surface area contributed by atoms with Gasteiger partial charge in [-0.2, -0.15) is 0 Å². The van der Waals surface area contributed by atoms with E-state index in [1.807, 2.05) is 34.6 Å². The summed E-state index contributed by atoms with van der Waals surface area (Å²) in [6.07, 6.45) is 2.50. The van der Waals surface area contributed by atoms with Crippen molar-refractivity contribution in [1.29, 1.82) is 0 Å². The van der Waals surface area contributed by atoms with Crippen molar-refractivity contribution in [2.45, 2.75) is 64.6 Å². The van der Waals surface area contributed by atoms with Gasteiger partial charge in [0.15, 0.2) is 0 Å². The van der Waals surface area contributed by atoms with Crippen molar-refractivity contribution in [2.75, 3.05) is 0 Å². The molecule has 116 valence electrons. The summed E-state index contributed by atoms with van der Waals surface area (Å²) < 4.78 is 29.2. The smallest absolute Gasteiger partial charge is 0.242 e. The molecule has 1 heterocycles. The average Bonchev–Trinajstić information content (AvgIpc) is 2.82. The maximum absolute atomic E-state index is 12.4. The van der Waals surface area contributed by atoms with Crippen LogP contribution in [0, 0.1) is 5.92 Å². The second-order valence-electron chi connectivity index (χ2n) is 5.62. The molecule has 6 heteroatoms. The van der Waals surface area contributed by atoms with Gasteiger partial charge in [0.1, 0.15) is 0 Å². The molecule has 0 bridgehead atoms. The van der Waals surface area contributed by atoms with Gasteiger partial charge in [-0.05, 0) is 32.8 Å². The molecule has 2 N–H and O–H groups in total. The third-order valence-corrected chi connectivity index (χ3v) is 5.30. The third-order valence-electron chi connectivity index (χ3n) is 3.77. The summed E-state index contributed by atoms with van der Waals surface area (Å²) in [6, 6.07) is 1.52. The zero-order valence-electron chi connectivity index (χ0n) is 12.9. The van der Waals surface area contributed by atoms with Gasteiger partial charge in [0, 0.05) is 24.0 Å². The van der Waals surface area contributed by atoms with Crippen LogP contribution in [0.1, 0.15) is 52.8 Å². The fraction of sp³-hybridized carbons (Fsp3) is 0.714. The number of aliphatic hydroxyl groups is 1. The molecular weight excluding hydrogens is 276 g/mol. The van der Waals surface area contributed by atoms with Gasteiger partial charge in [-0.3, -0.25) is 0 Å². The van der Waals surface area contributed by atoms with E-state index in [2.05, 4.69) is 4.72 Å². The molecule has 1 rings (SSSR count).